The molecule has 0 spiro atoms. The fraction of sp³-hybridized carbons (Fsp3) is 0.533. The monoisotopic (exact) mass is 263 g/mol. The summed E-state index contributed by atoms with van der Waals surface area (Å²) < 4.78 is 5.68. The van der Waals surface area contributed by atoms with E-state index in [4.69, 9.17) is 4.74 Å². The van der Waals surface area contributed by atoms with Crippen molar-refractivity contribution in [2.45, 2.75) is 46.4 Å². The topological polar surface area (TPSA) is 45.7 Å². The first-order valence-corrected chi connectivity index (χ1v) is 6.74. The molecule has 1 aromatic rings. The highest BCUT2D eigenvalue weighted by atomic mass is 16.5. The third-order valence-electron chi connectivity index (χ3n) is 2.38. The van der Waals surface area contributed by atoms with E-state index in [1.165, 1.54) is 5.56 Å². The number of ether oxygens (including phenoxy) is 1. The summed E-state index contributed by atoms with van der Waals surface area (Å²) in [5.41, 5.74) is 1.17. The largest absolute Gasteiger partial charge is 0.491 e. The number of aliphatic imine (C=N–C) groups is 1. The Morgan fingerprint density at radius 1 is 1.26 bits per heavy atom. The van der Waals surface area contributed by atoms with Crippen molar-refractivity contribution in [3.05, 3.63) is 29.8 Å². The molecule has 0 aliphatic carbocycles. The highest BCUT2D eigenvalue weighted by Gasteiger charge is 2.02. The molecule has 1 rings (SSSR count). The van der Waals surface area contributed by atoms with Crippen molar-refractivity contribution in [1.82, 2.24) is 10.6 Å². The molecule has 0 atom stereocenters. The van der Waals surface area contributed by atoms with Gasteiger partial charge < -0.3 is 15.4 Å². The number of hydrogen-bond donors (Lipinski definition) is 2. The van der Waals surface area contributed by atoms with E-state index in [-0.39, 0.29) is 6.10 Å². The van der Waals surface area contributed by atoms with Crippen molar-refractivity contribution < 1.29 is 4.74 Å². The number of hydrogen-bond acceptors (Lipinski definition) is 2. The van der Waals surface area contributed by atoms with Gasteiger partial charge in [-0.1, -0.05) is 12.1 Å². The zero-order valence-corrected chi connectivity index (χ0v) is 12.5. The zero-order chi connectivity index (χ0) is 14.3. The van der Waals surface area contributed by atoms with Gasteiger partial charge in [0.2, 0.25) is 0 Å². The van der Waals surface area contributed by atoms with Gasteiger partial charge in [-0.2, -0.15) is 0 Å². The molecule has 0 bridgehead atoms. The lowest BCUT2D eigenvalue weighted by Gasteiger charge is -2.15. The molecule has 0 aromatic heterocycles. The van der Waals surface area contributed by atoms with Crippen LogP contribution in [0.4, 0.5) is 0 Å². The predicted octanol–water partition coefficient (Wildman–Crippen LogP) is 2.55. The second-order valence-corrected chi connectivity index (χ2v) is 5.04. The van der Waals surface area contributed by atoms with Crippen LogP contribution in [0.5, 0.6) is 5.75 Å². The van der Waals surface area contributed by atoms with Crippen LogP contribution in [0.1, 0.15) is 33.3 Å². The van der Waals surface area contributed by atoms with Crippen LogP contribution in [0, 0.1) is 0 Å². The van der Waals surface area contributed by atoms with Crippen LogP contribution in [0.25, 0.3) is 0 Å². The summed E-state index contributed by atoms with van der Waals surface area (Å²) in [5, 5.41) is 6.54. The summed E-state index contributed by atoms with van der Waals surface area (Å²) in [7, 11) is 1.77. The molecule has 0 aliphatic rings. The van der Waals surface area contributed by atoms with Crippen molar-refractivity contribution in [2.24, 2.45) is 4.99 Å². The minimum absolute atomic E-state index is 0.193. The van der Waals surface area contributed by atoms with E-state index in [1.54, 1.807) is 7.05 Å². The molecule has 106 valence electrons. The first kappa shape index (κ1) is 15.3. The maximum Gasteiger partial charge on any atom is 0.191 e. The van der Waals surface area contributed by atoms with E-state index in [9.17, 15) is 0 Å². The molecular weight excluding hydrogens is 238 g/mol. The van der Waals surface area contributed by atoms with E-state index in [0.29, 0.717) is 6.04 Å². The van der Waals surface area contributed by atoms with Crippen LogP contribution in [0.15, 0.2) is 29.3 Å². The summed E-state index contributed by atoms with van der Waals surface area (Å²) in [4.78, 5) is 4.18. The summed E-state index contributed by atoms with van der Waals surface area (Å²) in [6.07, 6.45) is 0.193. The molecule has 4 heteroatoms. The Morgan fingerprint density at radius 3 is 2.58 bits per heavy atom. The number of nitrogens with one attached hydrogen (secondary N) is 2. The van der Waals surface area contributed by atoms with Gasteiger partial charge in [-0.15, -0.1) is 0 Å². The van der Waals surface area contributed by atoms with Crippen LogP contribution in [-0.4, -0.2) is 25.2 Å². The average Bonchev–Trinajstić information content (AvgIpc) is 2.33. The first-order chi connectivity index (χ1) is 9.01. The fourth-order valence-corrected chi connectivity index (χ4v) is 1.65. The lowest BCUT2D eigenvalue weighted by atomic mass is 10.2. The van der Waals surface area contributed by atoms with Crippen molar-refractivity contribution in [3.8, 4) is 5.75 Å². The maximum absolute atomic E-state index is 5.68. The molecule has 0 saturated carbocycles. The second-order valence-electron chi connectivity index (χ2n) is 5.04. The zero-order valence-electron chi connectivity index (χ0n) is 12.5. The highest BCUT2D eigenvalue weighted by molar-refractivity contribution is 5.79. The Balaban J connectivity index is 2.57. The fourth-order valence-electron chi connectivity index (χ4n) is 1.65. The first-order valence-electron chi connectivity index (χ1n) is 6.74. The van der Waals surface area contributed by atoms with Crippen LogP contribution in [-0.2, 0) is 6.54 Å². The van der Waals surface area contributed by atoms with Gasteiger partial charge in [0.05, 0.1) is 6.10 Å². The van der Waals surface area contributed by atoms with Crippen LogP contribution < -0.4 is 15.4 Å². The van der Waals surface area contributed by atoms with E-state index in [0.717, 1.165) is 18.3 Å². The van der Waals surface area contributed by atoms with E-state index in [1.807, 2.05) is 26.0 Å². The standard InChI is InChI=1S/C15H25N3O/c1-11(2)18-15(16-5)17-10-13-7-6-8-14(9-13)19-12(3)4/h6-9,11-12H,10H2,1-5H3,(H2,16,17,18). The lowest BCUT2D eigenvalue weighted by molar-refractivity contribution is 0.242. The molecule has 19 heavy (non-hydrogen) atoms. The Morgan fingerprint density at radius 2 is 2.00 bits per heavy atom. The summed E-state index contributed by atoms with van der Waals surface area (Å²) in [6, 6.07) is 8.47. The minimum atomic E-state index is 0.193. The van der Waals surface area contributed by atoms with Crippen molar-refractivity contribution in [2.75, 3.05) is 7.05 Å². The third kappa shape index (κ3) is 6.13. The van der Waals surface area contributed by atoms with Gasteiger partial charge >= 0.3 is 0 Å². The van der Waals surface area contributed by atoms with Gasteiger partial charge in [0.1, 0.15) is 5.75 Å². The van der Waals surface area contributed by atoms with Gasteiger partial charge in [-0.3, -0.25) is 4.99 Å². The molecule has 1 aromatic carbocycles. The van der Waals surface area contributed by atoms with Gasteiger partial charge in [0.15, 0.2) is 5.96 Å². The lowest BCUT2D eigenvalue weighted by Crippen LogP contribution is -2.40. The second kappa shape index (κ2) is 7.67. The van der Waals surface area contributed by atoms with Crippen molar-refractivity contribution in [1.29, 1.82) is 0 Å². The highest BCUT2D eigenvalue weighted by Crippen LogP contribution is 2.14. The quantitative estimate of drug-likeness (QED) is 0.634. The molecule has 0 heterocycles. The van der Waals surface area contributed by atoms with Crippen molar-refractivity contribution >= 4 is 5.96 Å². The average molecular weight is 263 g/mol. The Kier molecular flexibility index (Phi) is 6.19. The van der Waals surface area contributed by atoms with Crippen LogP contribution in [0.2, 0.25) is 0 Å². The smallest absolute Gasteiger partial charge is 0.191 e. The predicted molar refractivity (Wildman–Crippen MR) is 80.7 cm³/mol. The Bertz CT molecular complexity index is 414. The van der Waals surface area contributed by atoms with Crippen LogP contribution >= 0.6 is 0 Å². The summed E-state index contributed by atoms with van der Waals surface area (Å²) >= 11 is 0. The normalized spacial score (nSPS) is 11.8. The third-order valence-corrected chi connectivity index (χ3v) is 2.38. The van der Waals surface area contributed by atoms with Crippen molar-refractivity contribution in [3.63, 3.8) is 0 Å². The maximum atomic E-state index is 5.68. The molecule has 0 aliphatic heterocycles. The molecule has 0 fully saturated rings. The van der Waals surface area contributed by atoms with Crippen LogP contribution in [0.3, 0.4) is 0 Å². The Labute approximate surface area is 116 Å². The number of guanidine groups is 1. The van der Waals surface area contributed by atoms with Gasteiger partial charge in [-0.25, -0.2) is 0 Å². The number of nitrogens with zero attached hydrogens (tertiary/aromatic N) is 1. The molecule has 0 saturated heterocycles. The van der Waals surface area contributed by atoms with Gasteiger partial charge in [-0.05, 0) is 45.4 Å². The summed E-state index contributed by atoms with van der Waals surface area (Å²) in [5.74, 6) is 1.71. The SMILES string of the molecule is CN=C(NCc1cccc(OC(C)C)c1)NC(C)C. The van der Waals surface area contributed by atoms with Gasteiger partial charge in [0.25, 0.3) is 0 Å². The molecule has 4 nitrogen and oxygen atoms in total. The van der Waals surface area contributed by atoms with Gasteiger partial charge in [0, 0.05) is 19.6 Å². The Hall–Kier alpha value is -1.71. The molecular formula is C15H25N3O. The number of rotatable bonds is 5. The molecule has 2 N–H and O–H groups in total. The van der Waals surface area contributed by atoms with E-state index in [2.05, 4.69) is 41.6 Å². The molecule has 0 radical (unpaired) electrons. The number of benzene rings is 1. The molecule has 0 unspecified atom stereocenters. The van der Waals surface area contributed by atoms with E-state index >= 15 is 0 Å². The summed E-state index contributed by atoms with van der Waals surface area (Å²) in [6.45, 7) is 8.95. The van der Waals surface area contributed by atoms with E-state index < -0.39 is 0 Å². The molecule has 0 amide bonds. The minimum Gasteiger partial charge on any atom is -0.491 e.